The van der Waals surface area contributed by atoms with Gasteiger partial charge in [-0.2, -0.15) is 0 Å². The molecular formula is C23H28O2. The highest BCUT2D eigenvalue weighted by atomic mass is 16.5. The third kappa shape index (κ3) is 3.79. The third-order valence-corrected chi connectivity index (χ3v) is 5.01. The van der Waals surface area contributed by atoms with Gasteiger partial charge in [0.05, 0.1) is 20.5 Å². The van der Waals surface area contributed by atoms with Crippen molar-refractivity contribution in [2.75, 3.05) is 14.2 Å². The molecule has 0 spiro atoms. The van der Waals surface area contributed by atoms with Gasteiger partial charge < -0.3 is 9.47 Å². The number of allylic oxidation sites excluding steroid dienone is 2. The molecule has 0 aliphatic heterocycles. The van der Waals surface area contributed by atoms with E-state index in [1.807, 2.05) is 25.1 Å². The number of hydrogen-bond donors (Lipinski definition) is 0. The van der Waals surface area contributed by atoms with Gasteiger partial charge in [0.25, 0.3) is 0 Å². The fourth-order valence-electron chi connectivity index (χ4n) is 3.22. The molecule has 132 valence electrons. The van der Waals surface area contributed by atoms with Gasteiger partial charge in [-0.05, 0) is 67.2 Å². The molecule has 25 heavy (non-hydrogen) atoms. The topological polar surface area (TPSA) is 18.5 Å². The molecule has 0 saturated heterocycles. The van der Waals surface area contributed by atoms with Gasteiger partial charge in [0.1, 0.15) is 5.75 Å². The van der Waals surface area contributed by atoms with Crippen molar-refractivity contribution in [3.05, 3.63) is 88.2 Å². The molecule has 0 amide bonds. The quantitative estimate of drug-likeness (QED) is 0.486. The van der Waals surface area contributed by atoms with Gasteiger partial charge in [0.2, 0.25) is 0 Å². The van der Waals surface area contributed by atoms with Crippen LogP contribution in [-0.2, 0) is 4.74 Å². The Morgan fingerprint density at radius 3 is 2.28 bits per heavy atom. The van der Waals surface area contributed by atoms with Gasteiger partial charge in [-0.25, -0.2) is 0 Å². The first-order valence-electron chi connectivity index (χ1n) is 8.50. The normalized spacial score (nSPS) is 12.6. The van der Waals surface area contributed by atoms with Crippen LogP contribution in [0, 0.1) is 20.8 Å². The maximum absolute atomic E-state index is 5.64. The van der Waals surface area contributed by atoms with Crippen molar-refractivity contribution >= 4 is 0 Å². The summed E-state index contributed by atoms with van der Waals surface area (Å²) < 4.78 is 10.9. The molecule has 0 aromatic heterocycles. The van der Waals surface area contributed by atoms with Crippen molar-refractivity contribution in [2.24, 2.45) is 0 Å². The number of hydrogen-bond acceptors (Lipinski definition) is 2. The zero-order valence-electron chi connectivity index (χ0n) is 16.1. The van der Waals surface area contributed by atoms with Crippen LogP contribution in [0.4, 0.5) is 0 Å². The van der Waals surface area contributed by atoms with Crippen molar-refractivity contribution in [1.29, 1.82) is 0 Å². The van der Waals surface area contributed by atoms with E-state index in [0.29, 0.717) is 0 Å². The molecule has 2 heteroatoms. The van der Waals surface area contributed by atoms with Crippen LogP contribution in [0.15, 0.2) is 60.4 Å². The van der Waals surface area contributed by atoms with Crippen molar-refractivity contribution in [1.82, 2.24) is 0 Å². The second-order valence-corrected chi connectivity index (χ2v) is 6.46. The molecule has 0 aliphatic rings. The van der Waals surface area contributed by atoms with E-state index in [0.717, 1.165) is 22.5 Å². The zero-order chi connectivity index (χ0) is 18.6. The first-order chi connectivity index (χ1) is 11.9. The molecule has 1 unspecified atom stereocenters. The van der Waals surface area contributed by atoms with E-state index in [1.165, 1.54) is 22.3 Å². The minimum Gasteiger partial charge on any atom is -0.504 e. The minimum atomic E-state index is 0.0156. The fraction of sp³-hybridized carbons (Fsp3) is 0.304. The second kappa shape index (κ2) is 8.06. The molecule has 2 aromatic rings. The Balaban J connectivity index is 2.72. The van der Waals surface area contributed by atoms with E-state index in [-0.39, 0.29) is 5.92 Å². The standard InChI is InChI=1S/C23H28O2/c1-15-12-13-20(19(5)17(15)3)23(18(4)16(2)14-24-6)21-10-8-9-11-22(21)25-7/h8-14,23H,4H2,1-3,5-7H3/b16-14+. The molecule has 0 heterocycles. The van der Waals surface area contributed by atoms with Gasteiger partial charge in [-0.1, -0.05) is 36.9 Å². The van der Waals surface area contributed by atoms with Crippen molar-refractivity contribution in [2.45, 2.75) is 33.6 Å². The Kier molecular flexibility index (Phi) is 6.08. The number of ether oxygens (including phenoxy) is 2. The van der Waals surface area contributed by atoms with E-state index in [9.17, 15) is 0 Å². The van der Waals surface area contributed by atoms with Crippen molar-refractivity contribution in [3.8, 4) is 5.75 Å². The van der Waals surface area contributed by atoms with Crippen molar-refractivity contribution < 1.29 is 9.47 Å². The van der Waals surface area contributed by atoms with Gasteiger partial charge in [-0.3, -0.25) is 0 Å². The van der Waals surface area contributed by atoms with Crippen LogP contribution >= 0.6 is 0 Å². The number of methoxy groups -OCH3 is 2. The molecule has 0 radical (unpaired) electrons. The molecule has 2 nitrogen and oxygen atoms in total. The Morgan fingerprint density at radius 2 is 1.64 bits per heavy atom. The summed E-state index contributed by atoms with van der Waals surface area (Å²) in [6, 6.07) is 12.5. The zero-order valence-corrected chi connectivity index (χ0v) is 16.1. The Hall–Kier alpha value is -2.48. The lowest BCUT2D eigenvalue weighted by molar-refractivity contribution is 0.334. The number of rotatable bonds is 6. The van der Waals surface area contributed by atoms with Crippen molar-refractivity contribution in [3.63, 3.8) is 0 Å². The third-order valence-electron chi connectivity index (χ3n) is 5.01. The molecule has 0 N–H and O–H groups in total. The summed E-state index contributed by atoms with van der Waals surface area (Å²) in [4.78, 5) is 0. The molecular weight excluding hydrogens is 308 g/mol. The summed E-state index contributed by atoms with van der Waals surface area (Å²) in [5, 5.41) is 0. The number of benzene rings is 2. The average Bonchev–Trinajstić information content (AvgIpc) is 2.62. The smallest absolute Gasteiger partial charge is 0.123 e. The summed E-state index contributed by atoms with van der Waals surface area (Å²) in [6.45, 7) is 12.9. The van der Waals surface area contributed by atoms with E-state index in [4.69, 9.17) is 9.47 Å². The van der Waals surface area contributed by atoms with E-state index in [1.54, 1.807) is 20.5 Å². The molecule has 2 aromatic carbocycles. The lowest BCUT2D eigenvalue weighted by Gasteiger charge is -2.26. The maximum Gasteiger partial charge on any atom is 0.123 e. The number of para-hydroxylation sites is 1. The summed E-state index contributed by atoms with van der Waals surface area (Å²) in [5.74, 6) is 0.887. The van der Waals surface area contributed by atoms with Crippen LogP contribution in [-0.4, -0.2) is 14.2 Å². The molecule has 0 fully saturated rings. The van der Waals surface area contributed by atoms with Gasteiger partial charge in [0, 0.05) is 11.5 Å². The maximum atomic E-state index is 5.64. The van der Waals surface area contributed by atoms with E-state index in [2.05, 4.69) is 45.5 Å². The Morgan fingerprint density at radius 1 is 0.960 bits per heavy atom. The highest BCUT2D eigenvalue weighted by Crippen LogP contribution is 2.41. The second-order valence-electron chi connectivity index (χ2n) is 6.46. The largest absolute Gasteiger partial charge is 0.504 e. The van der Waals surface area contributed by atoms with Crippen LogP contribution in [0.3, 0.4) is 0 Å². The van der Waals surface area contributed by atoms with Crippen LogP contribution < -0.4 is 4.74 Å². The van der Waals surface area contributed by atoms with Gasteiger partial charge >= 0.3 is 0 Å². The summed E-state index contributed by atoms with van der Waals surface area (Å²) in [6.07, 6.45) is 1.75. The van der Waals surface area contributed by atoms with Crippen LogP contribution in [0.2, 0.25) is 0 Å². The van der Waals surface area contributed by atoms with Gasteiger partial charge in [-0.15, -0.1) is 0 Å². The molecule has 0 saturated carbocycles. The highest BCUT2D eigenvalue weighted by Gasteiger charge is 2.24. The van der Waals surface area contributed by atoms with E-state index >= 15 is 0 Å². The Bertz CT molecular complexity index is 800. The Labute approximate surface area is 151 Å². The molecule has 2 rings (SSSR count). The van der Waals surface area contributed by atoms with Crippen LogP contribution in [0.25, 0.3) is 0 Å². The fourth-order valence-corrected chi connectivity index (χ4v) is 3.22. The summed E-state index contributed by atoms with van der Waals surface area (Å²) >= 11 is 0. The summed E-state index contributed by atoms with van der Waals surface area (Å²) in [7, 11) is 3.37. The molecule has 0 bridgehead atoms. The molecule has 0 aliphatic carbocycles. The SMILES string of the molecule is C=C(/C(C)=C/OC)C(c1ccccc1OC)c1ccc(C)c(C)c1C. The average molecular weight is 336 g/mol. The molecule has 1 atom stereocenters. The minimum absolute atomic E-state index is 0.0156. The monoisotopic (exact) mass is 336 g/mol. The van der Waals surface area contributed by atoms with Crippen LogP contribution in [0.5, 0.6) is 5.75 Å². The lowest BCUT2D eigenvalue weighted by Crippen LogP contribution is -2.10. The first-order valence-corrected chi connectivity index (χ1v) is 8.50. The predicted octanol–water partition coefficient (Wildman–Crippen LogP) is 5.86. The highest BCUT2D eigenvalue weighted by molar-refractivity contribution is 5.55. The van der Waals surface area contributed by atoms with Gasteiger partial charge in [0.15, 0.2) is 0 Å². The summed E-state index contributed by atoms with van der Waals surface area (Å²) in [5.41, 5.74) is 8.32. The lowest BCUT2D eigenvalue weighted by atomic mass is 9.79. The first kappa shape index (κ1) is 18.9. The van der Waals surface area contributed by atoms with E-state index < -0.39 is 0 Å². The van der Waals surface area contributed by atoms with Crippen LogP contribution in [0.1, 0.15) is 40.7 Å². The number of aryl methyl sites for hydroxylation is 1. The predicted molar refractivity (Wildman–Crippen MR) is 105 cm³/mol.